The lowest BCUT2D eigenvalue weighted by Crippen LogP contribution is -2.33. The molecule has 1 aliphatic rings. The minimum absolute atomic E-state index is 0.136. The summed E-state index contributed by atoms with van der Waals surface area (Å²) in [6, 6.07) is 4.42. The number of carbonyl (C=O) groups excluding carboxylic acids is 2. The number of ketones is 2. The first-order valence-electron chi connectivity index (χ1n) is 5.16. The first-order chi connectivity index (χ1) is 8.34. The van der Waals surface area contributed by atoms with Crippen LogP contribution in [-0.2, 0) is 11.2 Å². The molecule has 0 aliphatic heterocycles. The zero-order chi connectivity index (χ0) is 13.5. The summed E-state index contributed by atoms with van der Waals surface area (Å²) < 4.78 is 41.8. The topological polar surface area (TPSA) is 43.4 Å². The number of methoxy groups -OCH3 is 1. The first kappa shape index (κ1) is 12.6. The summed E-state index contributed by atoms with van der Waals surface area (Å²) in [6.07, 6.45) is -5.18. The van der Waals surface area contributed by atoms with Gasteiger partial charge in [-0.05, 0) is 24.1 Å². The number of alkyl halides is 3. The van der Waals surface area contributed by atoms with Crippen LogP contribution in [0.1, 0.15) is 15.9 Å². The average Bonchev–Trinajstić information content (AvgIpc) is 2.64. The Balaban J connectivity index is 2.34. The lowest BCUT2D eigenvalue weighted by atomic mass is 9.99. The monoisotopic (exact) mass is 258 g/mol. The highest BCUT2D eigenvalue weighted by molar-refractivity contribution is 6.15. The highest BCUT2D eigenvalue weighted by Gasteiger charge is 2.48. The van der Waals surface area contributed by atoms with E-state index in [-0.39, 0.29) is 12.0 Å². The molecule has 1 atom stereocenters. The van der Waals surface area contributed by atoms with Gasteiger partial charge in [0.05, 0.1) is 13.0 Å². The fraction of sp³-hybridized carbons (Fsp3) is 0.333. The van der Waals surface area contributed by atoms with E-state index in [2.05, 4.69) is 0 Å². The third-order valence-electron chi connectivity index (χ3n) is 2.92. The number of rotatable bonds is 2. The van der Waals surface area contributed by atoms with E-state index < -0.39 is 23.7 Å². The molecule has 0 radical (unpaired) electrons. The molecular formula is C12H9F3O3. The summed E-state index contributed by atoms with van der Waals surface area (Å²) in [5.41, 5.74) is 0.584. The highest BCUT2D eigenvalue weighted by Crippen LogP contribution is 2.34. The molecule has 0 heterocycles. The molecule has 0 spiro atoms. The van der Waals surface area contributed by atoms with Crippen LogP contribution in [0.15, 0.2) is 18.2 Å². The number of benzene rings is 1. The van der Waals surface area contributed by atoms with Gasteiger partial charge in [-0.25, -0.2) is 0 Å². The van der Waals surface area contributed by atoms with Crippen LogP contribution in [0.25, 0.3) is 0 Å². The van der Waals surface area contributed by atoms with Crippen molar-refractivity contribution in [2.75, 3.05) is 7.11 Å². The zero-order valence-electron chi connectivity index (χ0n) is 9.38. The second-order valence-electron chi connectivity index (χ2n) is 4.01. The molecule has 1 aromatic rings. The minimum Gasteiger partial charge on any atom is -0.497 e. The predicted octanol–water partition coefficient (Wildman–Crippen LogP) is 2.18. The number of hydrogen-bond acceptors (Lipinski definition) is 3. The van der Waals surface area contributed by atoms with Crippen molar-refractivity contribution in [1.29, 1.82) is 0 Å². The Morgan fingerprint density at radius 1 is 1.39 bits per heavy atom. The molecular weight excluding hydrogens is 249 g/mol. The quantitative estimate of drug-likeness (QED) is 0.764. The number of halogens is 3. The van der Waals surface area contributed by atoms with Crippen molar-refractivity contribution in [2.45, 2.75) is 12.6 Å². The third-order valence-corrected chi connectivity index (χ3v) is 2.92. The Hall–Kier alpha value is -1.85. The Morgan fingerprint density at radius 3 is 2.61 bits per heavy atom. The van der Waals surface area contributed by atoms with Gasteiger partial charge in [-0.1, -0.05) is 6.07 Å². The van der Waals surface area contributed by atoms with Gasteiger partial charge in [-0.3, -0.25) is 9.59 Å². The summed E-state index contributed by atoms with van der Waals surface area (Å²) in [5.74, 6) is -4.04. The van der Waals surface area contributed by atoms with E-state index in [9.17, 15) is 22.8 Å². The lowest BCUT2D eigenvalue weighted by molar-refractivity contribution is -0.173. The predicted molar refractivity (Wildman–Crippen MR) is 55.6 cm³/mol. The van der Waals surface area contributed by atoms with Gasteiger partial charge in [-0.15, -0.1) is 0 Å². The second-order valence-corrected chi connectivity index (χ2v) is 4.01. The zero-order valence-corrected chi connectivity index (χ0v) is 9.38. The molecule has 2 rings (SSSR count). The van der Waals surface area contributed by atoms with Crippen molar-refractivity contribution in [3.63, 3.8) is 0 Å². The maximum Gasteiger partial charge on any atom is 0.450 e. The van der Waals surface area contributed by atoms with Gasteiger partial charge < -0.3 is 4.74 Å². The molecule has 0 saturated carbocycles. The van der Waals surface area contributed by atoms with Gasteiger partial charge in [0.1, 0.15) is 5.75 Å². The van der Waals surface area contributed by atoms with Crippen LogP contribution in [0.4, 0.5) is 13.2 Å². The van der Waals surface area contributed by atoms with Crippen molar-refractivity contribution in [3.8, 4) is 5.75 Å². The van der Waals surface area contributed by atoms with E-state index in [1.807, 2.05) is 0 Å². The van der Waals surface area contributed by atoms with Crippen LogP contribution >= 0.6 is 0 Å². The summed E-state index contributed by atoms with van der Waals surface area (Å²) in [7, 11) is 1.39. The van der Waals surface area contributed by atoms with Gasteiger partial charge >= 0.3 is 6.18 Å². The average molecular weight is 258 g/mol. The number of fused-ring (bicyclic) bond motifs is 1. The van der Waals surface area contributed by atoms with Crippen molar-refractivity contribution >= 4 is 11.6 Å². The van der Waals surface area contributed by atoms with Gasteiger partial charge in [-0.2, -0.15) is 13.2 Å². The highest BCUT2D eigenvalue weighted by atomic mass is 19.4. The Morgan fingerprint density at radius 2 is 2.06 bits per heavy atom. The molecule has 1 unspecified atom stereocenters. The van der Waals surface area contributed by atoms with E-state index in [0.29, 0.717) is 11.3 Å². The number of hydrogen-bond donors (Lipinski definition) is 0. The van der Waals surface area contributed by atoms with Gasteiger partial charge in [0, 0.05) is 5.56 Å². The molecule has 3 nitrogen and oxygen atoms in total. The smallest absolute Gasteiger partial charge is 0.450 e. The van der Waals surface area contributed by atoms with Crippen LogP contribution in [0.3, 0.4) is 0 Å². The van der Waals surface area contributed by atoms with E-state index in [4.69, 9.17) is 4.74 Å². The van der Waals surface area contributed by atoms with E-state index in [1.165, 1.54) is 19.2 Å². The normalized spacial score (nSPS) is 18.7. The molecule has 0 saturated heterocycles. The molecule has 6 heteroatoms. The molecule has 0 bridgehead atoms. The fourth-order valence-corrected chi connectivity index (χ4v) is 2.00. The third kappa shape index (κ3) is 1.98. The molecule has 0 fully saturated rings. The van der Waals surface area contributed by atoms with Crippen LogP contribution in [0.5, 0.6) is 5.75 Å². The van der Waals surface area contributed by atoms with Crippen LogP contribution in [0.2, 0.25) is 0 Å². The maximum absolute atomic E-state index is 12.3. The van der Waals surface area contributed by atoms with Crippen LogP contribution in [-0.4, -0.2) is 24.9 Å². The summed E-state index contributed by atoms with van der Waals surface area (Å²) >= 11 is 0. The number of ether oxygens (including phenoxy) is 1. The minimum atomic E-state index is -4.98. The Labute approximate surface area is 101 Å². The van der Waals surface area contributed by atoms with Gasteiger partial charge in [0.25, 0.3) is 0 Å². The molecule has 0 amide bonds. The molecule has 0 aromatic heterocycles. The van der Waals surface area contributed by atoms with E-state index in [0.717, 1.165) is 0 Å². The Bertz CT molecular complexity index is 520. The first-order valence-corrected chi connectivity index (χ1v) is 5.16. The molecule has 0 N–H and O–H groups in total. The molecule has 18 heavy (non-hydrogen) atoms. The molecule has 96 valence electrons. The van der Waals surface area contributed by atoms with Crippen LogP contribution < -0.4 is 4.74 Å². The molecule has 1 aliphatic carbocycles. The standard InChI is InChI=1S/C12H9F3O3/c1-18-7-3-2-6-4-9(10(16)8(6)5-7)11(17)12(13,14)15/h2-3,5,9H,4H2,1H3. The van der Waals surface area contributed by atoms with Crippen molar-refractivity contribution in [2.24, 2.45) is 5.92 Å². The summed E-state index contributed by atoms with van der Waals surface area (Å²) in [5, 5.41) is 0. The summed E-state index contributed by atoms with van der Waals surface area (Å²) in [6.45, 7) is 0. The Kier molecular flexibility index (Phi) is 2.88. The van der Waals surface area contributed by atoms with Crippen molar-refractivity contribution in [3.05, 3.63) is 29.3 Å². The lowest BCUT2D eigenvalue weighted by Gasteiger charge is -2.09. The SMILES string of the molecule is COc1ccc2c(c1)C(=O)C(C(=O)C(F)(F)F)C2. The second kappa shape index (κ2) is 4.12. The number of Topliss-reactive ketones (excluding diaryl/α,β-unsaturated/α-hetero) is 2. The maximum atomic E-state index is 12.3. The van der Waals surface area contributed by atoms with Gasteiger partial charge in [0.15, 0.2) is 5.78 Å². The summed E-state index contributed by atoms with van der Waals surface area (Å²) in [4.78, 5) is 22.9. The van der Waals surface area contributed by atoms with Gasteiger partial charge in [0.2, 0.25) is 5.78 Å². The molecule has 1 aromatic carbocycles. The van der Waals surface area contributed by atoms with Crippen LogP contribution in [0, 0.1) is 5.92 Å². The fourth-order valence-electron chi connectivity index (χ4n) is 2.00. The largest absolute Gasteiger partial charge is 0.497 e. The number of carbonyl (C=O) groups is 2. The van der Waals surface area contributed by atoms with Crippen molar-refractivity contribution < 1.29 is 27.5 Å². The van der Waals surface area contributed by atoms with E-state index >= 15 is 0 Å². The van der Waals surface area contributed by atoms with Crippen molar-refractivity contribution in [1.82, 2.24) is 0 Å². The van der Waals surface area contributed by atoms with E-state index in [1.54, 1.807) is 6.07 Å².